The summed E-state index contributed by atoms with van der Waals surface area (Å²) < 4.78 is 0. The molecule has 0 atom stereocenters. The fourth-order valence-electron chi connectivity index (χ4n) is 0.892. The summed E-state index contributed by atoms with van der Waals surface area (Å²) >= 11 is 1.47. The van der Waals surface area contributed by atoms with E-state index in [1.165, 1.54) is 11.8 Å². The van der Waals surface area contributed by atoms with Crippen molar-refractivity contribution in [1.82, 2.24) is 0 Å². The number of rotatable bonds is 2. The van der Waals surface area contributed by atoms with Crippen molar-refractivity contribution in [3.63, 3.8) is 0 Å². The van der Waals surface area contributed by atoms with Crippen molar-refractivity contribution in [1.29, 1.82) is 5.26 Å². The molecule has 60 valence electrons. The average Bonchev–Trinajstić information content (AvgIpc) is 2.16. The molecule has 0 amide bonds. The first-order chi connectivity index (χ1) is 5.79. The molecule has 0 saturated heterocycles. The molecule has 1 aromatic rings. The molecule has 0 unspecified atom stereocenters. The Balaban J connectivity index is 3.15. The Labute approximate surface area is 75.2 Å². The molecule has 0 aliphatic rings. The zero-order valence-electron chi connectivity index (χ0n) is 6.57. The smallest absolute Gasteiger partial charge is 0.263 e. The Morgan fingerprint density at radius 1 is 1.50 bits per heavy atom. The van der Waals surface area contributed by atoms with Gasteiger partial charge in [0.15, 0.2) is 0 Å². The van der Waals surface area contributed by atoms with Crippen molar-refractivity contribution in [2.24, 2.45) is 0 Å². The van der Waals surface area contributed by atoms with E-state index in [9.17, 15) is 4.79 Å². The Hall–Kier alpha value is -1.27. The fourth-order valence-corrected chi connectivity index (χ4v) is 1.49. The molecule has 1 rings (SSSR count). The van der Waals surface area contributed by atoms with Gasteiger partial charge in [-0.1, -0.05) is 12.1 Å². The number of nitrogens with zero attached hydrogens (tertiary/aromatic N) is 1. The summed E-state index contributed by atoms with van der Waals surface area (Å²) in [5.74, 6) is -0.472. The number of nitriles is 1. The van der Waals surface area contributed by atoms with E-state index < -0.39 is 5.78 Å². The van der Waals surface area contributed by atoms with Crippen LogP contribution in [-0.4, -0.2) is 12.0 Å². The quantitative estimate of drug-likeness (QED) is 0.394. The van der Waals surface area contributed by atoms with Gasteiger partial charge in [0.1, 0.15) is 6.07 Å². The lowest BCUT2D eigenvalue weighted by atomic mass is 10.1. The highest BCUT2D eigenvalue weighted by Crippen LogP contribution is 2.19. The predicted molar refractivity (Wildman–Crippen MR) is 48.2 cm³/mol. The lowest BCUT2D eigenvalue weighted by molar-refractivity contribution is 0.105. The number of hydrogen-bond acceptors (Lipinski definition) is 3. The normalized spacial score (nSPS) is 9.00. The molecule has 0 saturated carbocycles. The van der Waals surface area contributed by atoms with E-state index in [0.29, 0.717) is 5.56 Å². The molecular weight excluding hydrogens is 170 g/mol. The second-order valence-corrected chi connectivity index (χ2v) is 2.99. The van der Waals surface area contributed by atoms with E-state index in [2.05, 4.69) is 0 Å². The zero-order chi connectivity index (χ0) is 8.97. The van der Waals surface area contributed by atoms with Crippen LogP contribution in [0.1, 0.15) is 10.4 Å². The first-order valence-electron chi connectivity index (χ1n) is 3.37. The van der Waals surface area contributed by atoms with Gasteiger partial charge in [-0.05, 0) is 18.4 Å². The van der Waals surface area contributed by atoms with Crippen molar-refractivity contribution in [2.75, 3.05) is 6.26 Å². The minimum absolute atomic E-state index is 0.472. The van der Waals surface area contributed by atoms with Crippen LogP contribution in [0.3, 0.4) is 0 Å². The summed E-state index contributed by atoms with van der Waals surface area (Å²) in [6.45, 7) is 0. The number of thioether (sulfide) groups is 1. The standard InChI is InChI=1S/C9H7NOS/c1-12-9-5-3-2-4-7(9)8(11)6-10/h2-5H,1H3. The largest absolute Gasteiger partial charge is 0.277 e. The fraction of sp³-hybridized carbons (Fsp3) is 0.111. The van der Waals surface area contributed by atoms with E-state index in [1.807, 2.05) is 18.4 Å². The van der Waals surface area contributed by atoms with Crippen molar-refractivity contribution in [3.8, 4) is 6.07 Å². The Morgan fingerprint density at radius 2 is 2.17 bits per heavy atom. The lowest BCUT2D eigenvalue weighted by Gasteiger charge is -1.99. The SMILES string of the molecule is CSc1ccccc1C(=O)C#N. The van der Waals surface area contributed by atoms with E-state index >= 15 is 0 Å². The summed E-state index contributed by atoms with van der Waals surface area (Å²) in [6, 6.07) is 8.70. The minimum atomic E-state index is -0.472. The van der Waals surface area contributed by atoms with Crippen molar-refractivity contribution in [3.05, 3.63) is 29.8 Å². The number of Topliss-reactive ketones (excluding diaryl/α,β-unsaturated/α-hetero) is 1. The van der Waals surface area contributed by atoms with Gasteiger partial charge in [0.25, 0.3) is 5.78 Å². The minimum Gasteiger partial charge on any atom is -0.277 e. The van der Waals surface area contributed by atoms with Gasteiger partial charge in [0, 0.05) is 10.5 Å². The number of carbonyl (C=O) groups excluding carboxylic acids is 1. The van der Waals surface area contributed by atoms with Crippen molar-refractivity contribution < 1.29 is 4.79 Å². The van der Waals surface area contributed by atoms with Crippen LogP contribution in [-0.2, 0) is 0 Å². The average molecular weight is 177 g/mol. The maximum atomic E-state index is 11.0. The first kappa shape index (κ1) is 8.82. The van der Waals surface area contributed by atoms with Crippen molar-refractivity contribution >= 4 is 17.5 Å². The third kappa shape index (κ3) is 1.66. The predicted octanol–water partition coefficient (Wildman–Crippen LogP) is 2.11. The first-order valence-corrected chi connectivity index (χ1v) is 4.59. The molecule has 0 aliphatic heterocycles. The molecule has 0 aromatic heterocycles. The summed E-state index contributed by atoms with van der Waals surface area (Å²) in [7, 11) is 0. The molecule has 0 N–H and O–H groups in total. The Morgan fingerprint density at radius 3 is 2.75 bits per heavy atom. The molecule has 0 aliphatic carbocycles. The maximum Gasteiger partial charge on any atom is 0.263 e. The summed E-state index contributed by atoms with van der Waals surface area (Å²) in [5, 5.41) is 8.40. The van der Waals surface area contributed by atoms with Crippen LogP contribution >= 0.6 is 11.8 Å². The molecule has 1 aromatic carbocycles. The molecule has 0 bridgehead atoms. The van der Waals surface area contributed by atoms with E-state index in [4.69, 9.17) is 5.26 Å². The van der Waals surface area contributed by atoms with Gasteiger partial charge in [-0.3, -0.25) is 4.79 Å². The number of benzene rings is 1. The summed E-state index contributed by atoms with van der Waals surface area (Å²) in [5.41, 5.74) is 0.493. The van der Waals surface area contributed by atoms with Crippen LogP contribution in [0.5, 0.6) is 0 Å². The maximum absolute atomic E-state index is 11.0. The van der Waals surface area contributed by atoms with Gasteiger partial charge in [0.05, 0.1) is 0 Å². The summed E-state index contributed by atoms with van der Waals surface area (Å²) in [6.07, 6.45) is 1.88. The monoisotopic (exact) mass is 177 g/mol. The number of hydrogen-bond donors (Lipinski definition) is 0. The van der Waals surface area contributed by atoms with E-state index in [1.54, 1.807) is 18.2 Å². The van der Waals surface area contributed by atoms with E-state index in [-0.39, 0.29) is 0 Å². The highest BCUT2D eigenvalue weighted by Gasteiger charge is 2.07. The third-order valence-electron chi connectivity index (χ3n) is 1.45. The van der Waals surface area contributed by atoms with Gasteiger partial charge < -0.3 is 0 Å². The molecule has 0 radical (unpaired) electrons. The molecule has 2 nitrogen and oxygen atoms in total. The lowest BCUT2D eigenvalue weighted by Crippen LogP contribution is -1.95. The van der Waals surface area contributed by atoms with Crippen molar-refractivity contribution in [2.45, 2.75) is 4.90 Å². The molecular formula is C9H7NOS. The molecule has 0 heterocycles. The molecule has 12 heavy (non-hydrogen) atoms. The Bertz CT molecular complexity index is 341. The highest BCUT2D eigenvalue weighted by atomic mass is 32.2. The van der Waals surface area contributed by atoms with Gasteiger partial charge in [-0.15, -0.1) is 11.8 Å². The van der Waals surface area contributed by atoms with E-state index in [0.717, 1.165) is 4.90 Å². The summed E-state index contributed by atoms with van der Waals surface area (Å²) in [4.78, 5) is 11.9. The van der Waals surface area contributed by atoms with Gasteiger partial charge in [-0.25, -0.2) is 0 Å². The van der Waals surface area contributed by atoms with Crippen LogP contribution in [0.2, 0.25) is 0 Å². The van der Waals surface area contributed by atoms with Crippen LogP contribution < -0.4 is 0 Å². The Kier molecular flexibility index (Phi) is 2.89. The third-order valence-corrected chi connectivity index (χ3v) is 2.25. The molecule has 0 spiro atoms. The van der Waals surface area contributed by atoms with Crippen LogP contribution in [0.15, 0.2) is 29.2 Å². The molecule has 3 heteroatoms. The second-order valence-electron chi connectivity index (χ2n) is 2.14. The van der Waals surface area contributed by atoms with Crippen LogP contribution in [0, 0.1) is 11.3 Å². The number of carbonyl (C=O) groups is 1. The highest BCUT2D eigenvalue weighted by molar-refractivity contribution is 7.98. The molecule has 0 fully saturated rings. The van der Waals surface area contributed by atoms with Gasteiger partial charge in [0.2, 0.25) is 0 Å². The van der Waals surface area contributed by atoms with Crippen LogP contribution in [0.25, 0.3) is 0 Å². The topological polar surface area (TPSA) is 40.9 Å². The second kappa shape index (κ2) is 3.93. The van der Waals surface area contributed by atoms with Gasteiger partial charge >= 0.3 is 0 Å². The zero-order valence-corrected chi connectivity index (χ0v) is 7.39. The van der Waals surface area contributed by atoms with Crippen LogP contribution in [0.4, 0.5) is 0 Å². The number of ketones is 1. The van der Waals surface area contributed by atoms with Gasteiger partial charge in [-0.2, -0.15) is 5.26 Å².